The maximum absolute atomic E-state index is 9.96. The summed E-state index contributed by atoms with van der Waals surface area (Å²) in [4.78, 5) is 9.28. The molecule has 1 aliphatic carbocycles. The summed E-state index contributed by atoms with van der Waals surface area (Å²) >= 11 is 1.50. The molecule has 11 heteroatoms. The molecule has 0 amide bonds. The van der Waals surface area contributed by atoms with Crippen LogP contribution in [0.25, 0.3) is 23.3 Å². The molecular weight excluding hydrogens is 492 g/mol. The standard InChI is InChI=1S/C26H34N6O4S/c1-5-36-22-11-6-8-17(29-22)25-30-24(28)18(12-21(27)31-37-15-16-13-26(2,33)14-16)32(25)23-19(34-3)9-7-10-20(23)35-4/h6-12,16,31,33H,5,13-15,27-28H2,1-4H3/b21-12+. The molecule has 3 aromatic rings. The summed E-state index contributed by atoms with van der Waals surface area (Å²) in [7, 11) is 3.18. The zero-order chi connectivity index (χ0) is 26.6. The lowest BCUT2D eigenvalue weighted by atomic mass is 9.73. The minimum atomic E-state index is -0.550. The monoisotopic (exact) mass is 526 g/mol. The molecule has 1 aromatic carbocycles. The molecule has 0 atom stereocenters. The van der Waals surface area contributed by atoms with Crippen LogP contribution in [-0.2, 0) is 0 Å². The highest BCUT2D eigenvalue weighted by Crippen LogP contribution is 2.40. The number of pyridine rings is 1. The molecule has 6 N–H and O–H groups in total. The van der Waals surface area contributed by atoms with Gasteiger partial charge in [-0.3, -0.25) is 4.57 Å². The number of methoxy groups -OCH3 is 2. The van der Waals surface area contributed by atoms with Crippen LogP contribution < -0.4 is 30.4 Å². The third-order valence-electron chi connectivity index (χ3n) is 6.07. The van der Waals surface area contributed by atoms with Gasteiger partial charge in [0.15, 0.2) is 11.6 Å². The lowest BCUT2D eigenvalue weighted by Gasteiger charge is -2.40. The molecule has 1 fully saturated rings. The zero-order valence-electron chi connectivity index (χ0n) is 21.5. The van der Waals surface area contributed by atoms with Crippen molar-refractivity contribution in [2.45, 2.75) is 32.3 Å². The fourth-order valence-electron chi connectivity index (χ4n) is 4.53. The highest BCUT2D eigenvalue weighted by molar-refractivity contribution is 7.97. The second-order valence-corrected chi connectivity index (χ2v) is 9.96. The summed E-state index contributed by atoms with van der Waals surface area (Å²) in [5.74, 6) is 4.02. The van der Waals surface area contributed by atoms with Crippen LogP contribution in [0.5, 0.6) is 17.4 Å². The molecule has 0 spiro atoms. The second-order valence-electron chi connectivity index (χ2n) is 9.13. The van der Waals surface area contributed by atoms with Gasteiger partial charge in [-0.1, -0.05) is 24.1 Å². The Morgan fingerprint density at radius 2 is 1.86 bits per heavy atom. The van der Waals surface area contributed by atoms with Gasteiger partial charge in [0, 0.05) is 17.9 Å². The van der Waals surface area contributed by atoms with Gasteiger partial charge >= 0.3 is 0 Å². The Morgan fingerprint density at radius 3 is 2.49 bits per heavy atom. The number of hydrogen-bond acceptors (Lipinski definition) is 10. The topological polar surface area (TPSA) is 143 Å². The lowest BCUT2D eigenvalue weighted by molar-refractivity contribution is -0.0490. The number of benzene rings is 1. The molecule has 2 aromatic heterocycles. The molecule has 0 aliphatic heterocycles. The second kappa shape index (κ2) is 11.2. The molecule has 0 unspecified atom stereocenters. The van der Waals surface area contributed by atoms with Gasteiger partial charge in [-0.05, 0) is 50.8 Å². The number of nitrogens with two attached hydrogens (primary N) is 2. The van der Waals surface area contributed by atoms with E-state index in [1.807, 2.05) is 48.7 Å². The summed E-state index contributed by atoms with van der Waals surface area (Å²) in [5, 5.41) is 9.96. The van der Waals surface area contributed by atoms with E-state index in [9.17, 15) is 5.11 Å². The molecule has 2 heterocycles. The number of nitrogens with zero attached hydrogens (tertiary/aromatic N) is 3. The third-order valence-corrected chi connectivity index (χ3v) is 7.09. The summed E-state index contributed by atoms with van der Waals surface area (Å²) in [6, 6.07) is 11.0. The summed E-state index contributed by atoms with van der Waals surface area (Å²) in [6.45, 7) is 4.25. The van der Waals surface area contributed by atoms with Crippen LogP contribution in [0.15, 0.2) is 42.2 Å². The molecular formula is C26H34N6O4S. The van der Waals surface area contributed by atoms with Crippen molar-refractivity contribution in [1.29, 1.82) is 0 Å². The maximum Gasteiger partial charge on any atom is 0.213 e. The molecule has 37 heavy (non-hydrogen) atoms. The molecule has 0 bridgehead atoms. The van der Waals surface area contributed by atoms with E-state index >= 15 is 0 Å². The number of nitrogens with one attached hydrogen (secondary N) is 1. The number of aromatic nitrogens is 3. The van der Waals surface area contributed by atoms with E-state index in [1.54, 1.807) is 26.4 Å². The zero-order valence-corrected chi connectivity index (χ0v) is 22.3. The Bertz CT molecular complexity index is 1250. The van der Waals surface area contributed by atoms with Crippen LogP contribution in [0.4, 0.5) is 5.82 Å². The summed E-state index contributed by atoms with van der Waals surface area (Å²) < 4.78 is 22.0. The number of imidazole rings is 1. The van der Waals surface area contributed by atoms with Crippen LogP contribution in [0.1, 0.15) is 32.4 Å². The van der Waals surface area contributed by atoms with E-state index in [0.29, 0.717) is 58.6 Å². The minimum absolute atomic E-state index is 0.261. The van der Waals surface area contributed by atoms with Gasteiger partial charge in [-0.15, -0.1) is 0 Å². The van der Waals surface area contributed by atoms with Gasteiger partial charge in [0.2, 0.25) is 5.88 Å². The number of ether oxygens (including phenoxy) is 3. The van der Waals surface area contributed by atoms with E-state index in [4.69, 9.17) is 25.7 Å². The largest absolute Gasteiger partial charge is 0.494 e. The van der Waals surface area contributed by atoms with Gasteiger partial charge in [-0.25, -0.2) is 9.97 Å². The average molecular weight is 527 g/mol. The van der Waals surface area contributed by atoms with Crippen molar-refractivity contribution in [3.8, 4) is 34.6 Å². The Morgan fingerprint density at radius 1 is 1.19 bits per heavy atom. The molecule has 1 aliphatic rings. The van der Waals surface area contributed by atoms with Crippen molar-refractivity contribution in [3.63, 3.8) is 0 Å². The van der Waals surface area contributed by atoms with Crippen molar-refractivity contribution < 1.29 is 19.3 Å². The highest BCUT2D eigenvalue weighted by atomic mass is 32.2. The molecule has 0 radical (unpaired) electrons. The van der Waals surface area contributed by atoms with Gasteiger partial charge in [0.25, 0.3) is 0 Å². The first-order valence-corrected chi connectivity index (χ1v) is 13.0. The average Bonchev–Trinajstić information content (AvgIpc) is 3.18. The SMILES string of the molecule is CCOc1cccc(-c2nc(N)c(/C=C(\N)NSCC3CC(C)(O)C3)n2-c2c(OC)cccc2OC)n1. The fraction of sp³-hybridized carbons (Fsp3) is 0.385. The Balaban J connectivity index is 1.76. The fourth-order valence-corrected chi connectivity index (χ4v) is 5.31. The number of rotatable bonds is 11. The minimum Gasteiger partial charge on any atom is -0.494 e. The Labute approximate surface area is 221 Å². The molecule has 198 valence electrons. The van der Waals surface area contributed by atoms with Crippen LogP contribution >= 0.6 is 11.9 Å². The van der Waals surface area contributed by atoms with Gasteiger partial charge in [0.05, 0.1) is 32.1 Å². The first kappa shape index (κ1) is 26.5. The van der Waals surface area contributed by atoms with Crippen molar-refractivity contribution >= 4 is 23.8 Å². The Kier molecular flexibility index (Phi) is 8.03. The lowest BCUT2D eigenvalue weighted by Crippen LogP contribution is -2.42. The number of aliphatic hydroxyl groups is 1. The van der Waals surface area contributed by atoms with E-state index in [-0.39, 0.29) is 5.82 Å². The summed E-state index contributed by atoms with van der Waals surface area (Å²) in [5.41, 5.74) is 14.0. The Hall–Kier alpha value is -3.57. The van der Waals surface area contributed by atoms with Crippen molar-refractivity contribution in [2.75, 3.05) is 32.3 Å². The third kappa shape index (κ3) is 5.89. The van der Waals surface area contributed by atoms with Crippen LogP contribution in [0.2, 0.25) is 0 Å². The number of anilines is 1. The van der Waals surface area contributed by atoms with Gasteiger partial charge < -0.3 is 35.5 Å². The van der Waals surface area contributed by atoms with Crippen molar-refractivity contribution in [3.05, 3.63) is 47.9 Å². The van der Waals surface area contributed by atoms with Gasteiger partial charge in [-0.2, -0.15) is 0 Å². The number of hydrogen-bond donors (Lipinski definition) is 4. The normalized spacial score (nSPS) is 19.3. The molecule has 4 rings (SSSR count). The predicted octanol–water partition coefficient (Wildman–Crippen LogP) is 3.59. The van der Waals surface area contributed by atoms with Crippen molar-refractivity contribution in [2.24, 2.45) is 11.7 Å². The summed E-state index contributed by atoms with van der Waals surface area (Å²) in [6.07, 6.45) is 3.31. The number of nitrogen functional groups attached to an aromatic ring is 1. The maximum atomic E-state index is 9.96. The van der Waals surface area contributed by atoms with E-state index in [0.717, 1.165) is 18.6 Å². The van der Waals surface area contributed by atoms with E-state index in [2.05, 4.69) is 14.7 Å². The molecule has 10 nitrogen and oxygen atoms in total. The molecule has 0 saturated heterocycles. The first-order chi connectivity index (χ1) is 17.8. The quantitative estimate of drug-likeness (QED) is 0.274. The molecule has 1 saturated carbocycles. The van der Waals surface area contributed by atoms with Crippen molar-refractivity contribution in [1.82, 2.24) is 19.3 Å². The van der Waals surface area contributed by atoms with Crippen LogP contribution in [0.3, 0.4) is 0 Å². The smallest absolute Gasteiger partial charge is 0.213 e. The van der Waals surface area contributed by atoms with Gasteiger partial charge in [0.1, 0.15) is 28.7 Å². The highest BCUT2D eigenvalue weighted by Gasteiger charge is 2.37. The first-order valence-electron chi connectivity index (χ1n) is 12.0. The van der Waals surface area contributed by atoms with Crippen LogP contribution in [0, 0.1) is 5.92 Å². The van der Waals surface area contributed by atoms with Crippen LogP contribution in [-0.4, -0.2) is 51.8 Å². The predicted molar refractivity (Wildman–Crippen MR) is 147 cm³/mol. The van der Waals surface area contributed by atoms with E-state index < -0.39 is 5.60 Å². The number of para-hydroxylation sites is 1. The van der Waals surface area contributed by atoms with E-state index in [1.165, 1.54) is 11.9 Å².